The van der Waals surface area contributed by atoms with Crippen molar-refractivity contribution in [3.05, 3.63) is 75.4 Å². The molecule has 0 spiro atoms. The van der Waals surface area contributed by atoms with E-state index in [9.17, 15) is 9.18 Å². The summed E-state index contributed by atoms with van der Waals surface area (Å²) in [5, 5.41) is 5.16. The van der Waals surface area contributed by atoms with Gasteiger partial charge in [0, 0.05) is 6.07 Å². The zero-order valence-electron chi connectivity index (χ0n) is 13.0. The van der Waals surface area contributed by atoms with E-state index in [0.717, 1.165) is 11.6 Å². The fraction of sp³-hybridized carbons (Fsp3) is 0.118. The minimum absolute atomic E-state index is 0.125. The third kappa shape index (κ3) is 4.15. The Kier molecular flexibility index (Phi) is 5.01. The molecular weight excluding hydrogens is 368 g/mol. The number of esters is 1. The van der Waals surface area contributed by atoms with Crippen molar-refractivity contribution < 1.29 is 13.9 Å². The molecule has 0 aliphatic carbocycles. The van der Waals surface area contributed by atoms with Crippen LogP contribution in [0.5, 0.6) is 5.88 Å². The van der Waals surface area contributed by atoms with Gasteiger partial charge in [-0.3, -0.25) is 0 Å². The van der Waals surface area contributed by atoms with Gasteiger partial charge in [-0.1, -0.05) is 35.3 Å². The van der Waals surface area contributed by atoms with Gasteiger partial charge in [-0.05, 0) is 36.8 Å². The number of aryl methyl sites for hydroxylation is 1. The number of halogens is 3. The summed E-state index contributed by atoms with van der Waals surface area (Å²) >= 11 is 11.9. The van der Waals surface area contributed by atoms with Crippen LogP contribution in [0.15, 0.2) is 42.5 Å². The van der Waals surface area contributed by atoms with Gasteiger partial charge in [-0.2, -0.15) is 9.49 Å². The molecule has 5 nitrogen and oxygen atoms in total. The van der Waals surface area contributed by atoms with Crippen molar-refractivity contribution in [3.63, 3.8) is 0 Å². The van der Waals surface area contributed by atoms with E-state index in [1.807, 2.05) is 0 Å². The largest absolute Gasteiger partial charge is 0.403 e. The van der Waals surface area contributed by atoms with Crippen LogP contribution in [0.2, 0.25) is 10.0 Å². The van der Waals surface area contributed by atoms with Crippen LogP contribution >= 0.6 is 23.2 Å². The standard InChI is InChI=1S/C17H12Cl2FN3O2/c1-10-7-16(25-17(24)14-3-2-4-15(20)21-14)23(22-10)9-11-5-6-12(18)13(19)8-11/h2-8H,9H2,1H3. The van der Waals surface area contributed by atoms with Gasteiger partial charge >= 0.3 is 5.97 Å². The number of carbonyl (C=O) groups excluding carboxylic acids is 1. The number of hydrogen-bond acceptors (Lipinski definition) is 4. The zero-order valence-corrected chi connectivity index (χ0v) is 14.6. The van der Waals surface area contributed by atoms with Gasteiger partial charge in [0.1, 0.15) is 0 Å². The van der Waals surface area contributed by atoms with Gasteiger partial charge in [0.25, 0.3) is 0 Å². The molecule has 2 heterocycles. The number of ether oxygens (including phenoxy) is 1. The van der Waals surface area contributed by atoms with E-state index >= 15 is 0 Å². The second-order valence-electron chi connectivity index (χ2n) is 5.27. The van der Waals surface area contributed by atoms with Crippen LogP contribution in [0, 0.1) is 12.9 Å². The average molecular weight is 380 g/mol. The molecule has 8 heteroatoms. The lowest BCUT2D eigenvalue weighted by Crippen LogP contribution is -2.14. The van der Waals surface area contributed by atoms with Crippen molar-refractivity contribution in [3.8, 4) is 5.88 Å². The molecule has 128 valence electrons. The highest BCUT2D eigenvalue weighted by Crippen LogP contribution is 2.24. The van der Waals surface area contributed by atoms with Crippen molar-refractivity contribution in [1.82, 2.24) is 14.8 Å². The first-order valence-corrected chi connectivity index (χ1v) is 8.01. The SMILES string of the molecule is Cc1cc(OC(=O)c2cccc(F)n2)n(Cc2ccc(Cl)c(Cl)c2)n1. The number of nitrogens with zero attached hydrogens (tertiary/aromatic N) is 3. The van der Waals surface area contributed by atoms with Crippen LogP contribution < -0.4 is 4.74 Å². The Morgan fingerprint density at radius 1 is 1.20 bits per heavy atom. The Hall–Kier alpha value is -2.44. The maximum atomic E-state index is 13.1. The van der Waals surface area contributed by atoms with Crippen molar-refractivity contribution >= 4 is 29.2 Å². The summed E-state index contributed by atoms with van der Waals surface area (Å²) in [5.41, 5.74) is 1.37. The Morgan fingerprint density at radius 3 is 2.72 bits per heavy atom. The molecule has 1 aromatic carbocycles. The minimum atomic E-state index is -0.769. The molecule has 0 radical (unpaired) electrons. The van der Waals surface area contributed by atoms with Crippen molar-refractivity contribution in [2.24, 2.45) is 0 Å². The maximum Gasteiger partial charge on any atom is 0.363 e. The van der Waals surface area contributed by atoms with E-state index < -0.39 is 11.9 Å². The Balaban J connectivity index is 1.83. The molecule has 3 aromatic rings. The van der Waals surface area contributed by atoms with Crippen molar-refractivity contribution in [1.29, 1.82) is 0 Å². The fourth-order valence-corrected chi connectivity index (χ4v) is 2.52. The predicted molar refractivity (Wildman–Crippen MR) is 91.7 cm³/mol. The summed E-state index contributed by atoms with van der Waals surface area (Å²) in [6.07, 6.45) is 0. The fourth-order valence-electron chi connectivity index (χ4n) is 2.20. The third-order valence-corrected chi connectivity index (χ3v) is 4.04. The summed E-state index contributed by atoms with van der Waals surface area (Å²) in [6, 6.07) is 10.7. The second-order valence-corrected chi connectivity index (χ2v) is 6.08. The normalized spacial score (nSPS) is 10.7. The predicted octanol–water partition coefficient (Wildman–Crippen LogP) is 4.30. The monoisotopic (exact) mass is 379 g/mol. The second kappa shape index (κ2) is 7.21. The lowest BCUT2D eigenvalue weighted by molar-refractivity contribution is 0.0711. The molecule has 0 N–H and O–H groups in total. The molecule has 0 saturated heterocycles. The summed E-state index contributed by atoms with van der Waals surface area (Å²) in [5.74, 6) is -1.30. The topological polar surface area (TPSA) is 57.0 Å². The molecular formula is C17H12Cl2FN3O2. The molecule has 25 heavy (non-hydrogen) atoms. The molecule has 2 aromatic heterocycles. The Labute approximate surface area is 153 Å². The van der Waals surface area contributed by atoms with Crippen molar-refractivity contribution in [2.75, 3.05) is 0 Å². The number of pyridine rings is 1. The van der Waals surface area contributed by atoms with Crippen LogP contribution in [0.25, 0.3) is 0 Å². The summed E-state index contributed by atoms with van der Waals surface area (Å²) in [6.45, 7) is 2.09. The molecule has 0 fully saturated rings. The van der Waals surface area contributed by atoms with Gasteiger partial charge in [-0.25, -0.2) is 14.5 Å². The van der Waals surface area contributed by atoms with E-state index in [4.69, 9.17) is 27.9 Å². The first kappa shape index (κ1) is 17.4. The highest BCUT2D eigenvalue weighted by molar-refractivity contribution is 6.42. The number of benzene rings is 1. The van der Waals surface area contributed by atoms with Crippen LogP contribution in [-0.2, 0) is 6.54 Å². The first-order valence-electron chi connectivity index (χ1n) is 7.25. The number of carbonyl (C=O) groups is 1. The van der Waals surface area contributed by atoms with Gasteiger partial charge in [-0.15, -0.1) is 0 Å². The van der Waals surface area contributed by atoms with Crippen LogP contribution in [0.4, 0.5) is 4.39 Å². The van der Waals surface area contributed by atoms with E-state index in [1.165, 1.54) is 16.8 Å². The quantitative estimate of drug-likeness (QED) is 0.500. The first-order chi connectivity index (χ1) is 11.9. The molecule has 3 rings (SSSR count). The molecule has 0 aliphatic rings. The molecule has 0 saturated carbocycles. The summed E-state index contributed by atoms with van der Waals surface area (Å²) < 4.78 is 20.0. The van der Waals surface area contributed by atoms with Gasteiger partial charge in [0.2, 0.25) is 11.8 Å². The smallest absolute Gasteiger partial charge is 0.363 e. The van der Waals surface area contributed by atoms with Crippen LogP contribution in [0.1, 0.15) is 21.7 Å². The van der Waals surface area contributed by atoms with Gasteiger partial charge in [0.05, 0.1) is 22.3 Å². The molecule has 0 amide bonds. The summed E-state index contributed by atoms with van der Waals surface area (Å²) in [4.78, 5) is 15.7. The van der Waals surface area contributed by atoms with E-state index in [0.29, 0.717) is 22.3 Å². The van der Waals surface area contributed by atoms with E-state index in [2.05, 4.69) is 10.1 Å². The zero-order chi connectivity index (χ0) is 18.0. The third-order valence-electron chi connectivity index (χ3n) is 3.30. The number of aromatic nitrogens is 3. The molecule has 0 atom stereocenters. The van der Waals surface area contributed by atoms with E-state index in [-0.39, 0.29) is 11.6 Å². The molecule has 0 aliphatic heterocycles. The number of hydrogen-bond donors (Lipinski definition) is 0. The minimum Gasteiger partial charge on any atom is -0.403 e. The Bertz CT molecular complexity index is 943. The van der Waals surface area contributed by atoms with Crippen LogP contribution in [-0.4, -0.2) is 20.7 Å². The summed E-state index contributed by atoms with van der Waals surface area (Å²) in [7, 11) is 0. The van der Waals surface area contributed by atoms with Gasteiger partial charge in [0.15, 0.2) is 5.69 Å². The maximum absolute atomic E-state index is 13.1. The van der Waals surface area contributed by atoms with Crippen molar-refractivity contribution in [2.45, 2.75) is 13.5 Å². The highest BCUT2D eigenvalue weighted by Gasteiger charge is 2.16. The van der Waals surface area contributed by atoms with Crippen LogP contribution in [0.3, 0.4) is 0 Å². The average Bonchev–Trinajstić information content (AvgIpc) is 2.90. The molecule has 0 bridgehead atoms. The van der Waals surface area contributed by atoms with Gasteiger partial charge < -0.3 is 4.74 Å². The molecule has 0 unspecified atom stereocenters. The lowest BCUT2D eigenvalue weighted by atomic mass is 10.2. The number of rotatable bonds is 4. The highest BCUT2D eigenvalue weighted by atomic mass is 35.5. The van der Waals surface area contributed by atoms with E-state index in [1.54, 1.807) is 31.2 Å². The lowest BCUT2D eigenvalue weighted by Gasteiger charge is -2.08. The Morgan fingerprint density at radius 2 is 2.00 bits per heavy atom.